The highest BCUT2D eigenvalue weighted by molar-refractivity contribution is 9.10. The summed E-state index contributed by atoms with van der Waals surface area (Å²) in [6.07, 6.45) is 1.62. The normalized spacial score (nSPS) is 20.3. The molecule has 1 aliphatic rings. The minimum absolute atomic E-state index is 0.0296. The van der Waals surface area contributed by atoms with Crippen LogP contribution < -0.4 is 10.9 Å². The lowest BCUT2D eigenvalue weighted by Gasteiger charge is -2.20. The van der Waals surface area contributed by atoms with Crippen LogP contribution in [0.25, 0.3) is 0 Å². The van der Waals surface area contributed by atoms with Crippen LogP contribution in [-0.4, -0.2) is 43.5 Å². The molecule has 0 saturated carbocycles. The highest BCUT2D eigenvalue weighted by Crippen LogP contribution is 2.24. The Bertz CT molecular complexity index is 550. The van der Waals surface area contributed by atoms with Crippen LogP contribution in [0.3, 0.4) is 0 Å². The van der Waals surface area contributed by atoms with Gasteiger partial charge in [-0.15, -0.1) is 0 Å². The lowest BCUT2D eigenvalue weighted by Crippen LogP contribution is -2.44. The Labute approximate surface area is 144 Å². The molecule has 0 aromatic heterocycles. The SMILES string of the molecule is COC(=O)CCCN(C)C(=O)C1CC(c2ccc(Br)cc2)NN1. The maximum atomic E-state index is 12.4. The van der Waals surface area contributed by atoms with Crippen molar-refractivity contribution in [3.63, 3.8) is 0 Å². The molecule has 2 unspecified atom stereocenters. The molecule has 1 aromatic carbocycles. The zero-order valence-electron chi connectivity index (χ0n) is 13.3. The summed E-state index contributed by atoms with van der Waals surface area (Å²) < 4.78 is 5.63. The van der Waals surface area contributed by atoms with Crippen LogP contribution in [0.1, 0.15) is 30.9 Å². The molecule has 6 nitrogen and oxygen atoms in total. The lowest BCUT2D eigenvalue weighted by molar-refractivity contribution is -0.141. The zero-order chi connectivity index (χ0) is 16.8. The predicted molar refractivity (Wildman–Crippen MR) is 90.4 cm³/mol. The van der Waals surface area contributed by atoms with E-state index in [4.69, 9.17) is 0 Å². The first kappa shape index (κ1) is 17.9. The number of rotatable bonds is 6. The van der Waals surface area contributed by atoms with Gasteiger partial charge in [0.05, 0.1) is 7.11 Å². The molecule has 0 spiro atoms. The number of nitrogens with zero attached hydrogens (tertiary/aromatic N) is 1. The molecule has 1 aromatic rings. The summed E-state index contributed by atoms with van der Waals surface area (Å²) in [5.41, 5.74) is 7.38. The van der Waals surface area contributed by atoms with Crippen LogP contribution in [0.15, 0.2) is 28.7 Å². The second-order valence-corrected chi connectivity index (χ2v) is 6.54. The van der Waals surface area contributed by atoms with Gasteiger partial charge in [-0.2, -0.15) is 0 Å². The molecule has 0 bridgehead atoms. The molecule has 126 valence electrons. The number of amides is 1. The Balaban J connectivity index is 1.82. The number of methoxy groups -OCH3 is 1. The van der Waals surface area contributed by atoms with Gasteiger partial charge in [-0.3, -0.25) is 9.59 Å². The monoisotopic (exact) mass is 383 g/mol. The minimum atomic E-state index is -0.258. The quantitative estimate of drug-likeness (QED) is 0.732. The lowest BCUT2D eigenvalue weighted by atomic mass is 10.0. The van der Waals surface area contributed by atoms with E-state index in [1.165, 1.54) is 7.11 Å². The Hall–Kier alpha value is -1.44. The number of nitrogens with one attached hydrogen (secondary N) is 2. The number of carbonyl (C=O) groups excluding carboxylic acids is 2. The summed E-state index contributed by atoms with van der Waals surface area (Å²) >= 11 is 3.42. The Kier molecular flexibility index (Phi) is 6.56. The molecule has 1 fully saturated rings. The fraction of sp³-hybridized carbons (Fsp3) is 0.500. The van der Waals surface area contributed by atoms with Gasteiger partial charge in [0.2, 0.25) is 5.91 Å². The van der Waals surface area contributed by atoms with E-state index < -0.39 is 0 Å². The molecule has 1 saturated heterocycles. The van der Waals surface area contributed by atoms with Crippen LogP contribution >= 0.6 is 15.9 Å². The Morgan fingerprint density at radius 1 is 1.30 bits per heavy atom. The summed E-state index contributed by atoms with van der Waals surface area (Å²) in [5.74, 6) is -0.219. The van der Waals surface area contributed by atoms with Gasteiger partial charge in [-0.1, -0.05) is 28.1 Å². The van der Waals surface area contributed by atoms with E-state index in [9.17, 15) is 9.59 Å². The van der Waals surface area contributed by atoms with Crippen molar-refractivity contribution in [1.29, 1.82) is 0 Å². The molecule has 2 rings (SSSR count). The third-order valence-electron chi connectivity index (χ3n) is 3.95. The topological polar surface area (TPSA) is 70.7 Å². The highest BCUT2D eigenvalue weighted by Gasteiger charge is 2.31. The summed E-state index contributed by atoms with van der Waals surface area (Å²) in [6.45, 7) is 0.537. The van der Waals surface area contributed by atoms with Crippen molar-refractivity contribution in [3.05, 3.63) is 34.3 Å². The smallest absolute Gasteiger partial charge is 0.305 e. The van der Waals surface area contributed by atoms with Gasteiger partial charge in [0.1, 0.15) is 6.04 Å². The number of halogens is 1. The maximum absolute atomic E-state index is 12.4. The predicted octanol–water partition coefficient (Wildman–Crippen LogP) is 1.77. The summed E-state index contributed by atoms with van der Waals surface area (Å²) in [5, 5.41) is 0. The summed E-state index contributed by atoms with van der Waals surface area (Å²) in [4.78, 5) is 25.2. The van der Waals surface area contributed by atoms with Gasteiger partial charge >= 0.3 is 5.97 Å². The zero-order valence-corrected chi connectivity index (χ0v) is 14.9. The van der Waals surface area contributed by atoms with E-state index >= 15 is 0 Å². The van der Waals surface area contributed by atoms with E-state index in [2.05, 4.69) is 31.5 Å². The molecule has 1 heterocycles. The molecule has 1 amide bonds. The molecule has 23 heavy (non-hydrogen) atoms. The number of hydrazine groups is 1. The Morgan fingerprint density at radius 3 is 2.65 bits per heavy atom. The van der Waals surface area contributed by atoms with Gasteiger partial charge in [-0.25, -0.2) is 10.9 Å². The average Bonchev–Trinajstić information content (AvgIpc) is 3.04. The molecule has 2 atom stereocenters. The minimum Gasteiger partial charge on any atom is -0.469 e. The number of hydrogen-bond acceptors (Lipinski definition) is 5. The molecule has 0 aliphatic carbocycles. The number of ether oxygens (including phenoxy) is 1. The van der Waals surface area contributed by atoms with E-state index in [0.29, 0.717) is 25.8 Å². The third-order valence-corrected chi connectivity index (χ3v) is 4.48. The third kappa shape index (κ3) is 5.02. The fourth-order valence-electron chi connectivity index (χ4n) is 2.57. The van der Waals surface area contributed by atoms with Crippen LogP contribution in [0.2, 0.25) is 0 Å². The number of likely N-dealkylation sites (N-methyl/N-ethyl adjacent to an activating group) is 1. The van der Waals surface area contributed by atoms with E-state index in [0.717, 1.165) is 10.0 Å². The van der Waals surface area contributed by atoms with Gasteiger partial charge in [0.15, 0.2) is 0 Å². The van der Waals surface area contributed by atoms with Gasteiger partial charge in [0, 0.05) is 30.5 Å². The van der Waals surface area contributed by atoms with Crippen LogP contribution in [0.5, 0.6) is 0 Å². The second-order valence-electron chi connectivity index (χ2n) is 5.62. The standard InChI is InChI=1S/C16H22BrN3O3/c1-20(9-3-4-15(21)23-2)16(22)14-10-13(18-19-14)11-5-7-12(17)8-6-11/h5-8,13-14,18-19H,3-4,9-10H2,1-2H3. The van der Waals surface area contributed by atoms with Gasteiger partial charge < -0.3 is 9.64 Å². The molecular formula is C16H22BrN3O3. The first-order chi connectivity index (χ1) is 11.0. The summed E-state index contributed by atoms with van der Waals surface area (Å²) in [6, 6.07) is 7.91. The largest absolute Gasteiger partial charge is 0.469 e. The number of carbonyl (C=O) groups is 2. The van der Waals surface area contributed by atoms with E-state index in [-0.39, 0.29) is 24.0 Å². The van der Waals surface area contributed by atoms with Crippen molar-refractivity contribution in [2.45, 2.75) is 31.3 Å². The van der Waals surface area contributed by atoms with Crippen LogP contribution in [0, 0.1) is 0 Å². The van der Waals surface area contributed by atoms with Crippen molar-refractivity contribution in [1.82, 2.24) is 15.8 Å². The highest BCUT2D eigenvalue weighted by atomic mass is 79.9. The number of esters is 1. The van der Waals surface area contributed by atoms with Gasteiger partial charge in [-0.05, 0) is 30.5 Å². The van der Waals surface area contributed by atoms with Crippen LogP contribution in [-0.2, 0) is 14.3 Å². The fourth-order valence-corrected chi connectivity index (χ4v) is 2.83. The Morgan fingerprint density at radius 2 is 2.00 bits per heavy atom. The average molecular weight is 384 g/mol. The molecule has 7 heteroatoms. The maximum Gasteiger partial charge on any atom is 0.305 e. The number of hydrogen-bond donors (Lipinski definition) is 2. The van der Waals surface area contributed by atoms with E-state index in [1.54, 1.807) is 11.9 Å². The van der Waals surface area contributed by atoms with E-state index in [1.807, 2.05) is 24.3 Å². The molecule has 2 N–H and O–H groups in total. The van der Waals surface area contributed by atoms with Crippen molar-refractivity contribution in [2.75, 3.05) is 20.7 Å². The number of benzene rings is 1. The van der Waals surface area contributed by atoms with Crippen molar-refractivity contribution < 1.29 is 14.3 Å². The molecular weight excluding hydrogens is 362 g/mol. The molecule has 0 radical (unpaired) electrons. The first-order valence-corrected chi connectivity index (χ1v) is 8.39. The van der Waals surface area contributed by atoms with Crippen molar-refractivity contribution in [2.24, 2.45) is 0 Å². The van der Waals surface area contributed by atoms with Crippen molar-refractivity contribution in [3.8, 4) is 0 Å². The summed E-state index contributed by atoms with van der Waals surface area (Å²) in [7, 11) is 3.13. The second kappa shape index (κ2) is 8.42. The van der Waals surface area contributed by atoms with Gasteiger partial charge in [0.25, 0.3) is 0 Å². The first-order valence-electron chi connectivity index (χ1n) is 7.59. The van der Waals surface area contributed by atoms with Crippen molar-refractivity contribution >= 4 is 27.8 Å². The van der Waals surface area contributed by atoms with Crippen LogP contribution in [0.4, 0.5) is 0 Å². The molecule has 1 aliphatic heterocycles.